The number of carboxylic acid groups (broad SMARTS) is 2. The van der Waals surface area contributed by atoms with Crippen molar-refractivity contribution in [2.45, 2.75) is 0 Å². The van der Waals surface area contributed by atoms with E-state index >= 15 is 0 Å². The van der Waals surface area contributed by atoms with E-state index < -0.39 is 28.8 Å². The maximum atomic E-state index is 10.9. The molecule has 0 fully saturated rings. The maximum absolute atomic E-state index is 10.9. The summed E-state index contributed by atoms with van der Waals surface area (Å²) in [4.78, 5) is 20.8. The number of rotatable bonds is 2. The molecule has 68 valence electrons. The van der Waals surface area contributed by atoms with Crippen LogP contribution in [0, 0.1) is 0 Å². The number of carbonyl (C=O) groups excluding carboxylic acids is 1. The Morgan fingerprint density at radius 1 is 1.20 bits per heavy atom. The van der Waals surface area contributed by atoms with Gasteiger partial charge in [0, 0.05) is 5.56 Å². The predicted octanol–water partition coefficient (Wildman–Crippen LogP) is -7.17. The Morgan fingerprint density at radius 2 is 1.73 bits per heavy atom. The first-order chi connectivity index (χ1) is 6.04. The Morgan fingerprint density at radius 3 is 2.07 bits per heavy atom. The van der Waals surface area contributed by atoms with Gasteiger partial charge in [0.25, 0.3) is 0 Å². The summed E-state index contributed by atoms with van der Waals surface area (Å²) in [5.74, 6) is -4.07. The van der Waals surface area contributed by atoms with Gasteiger partial charge >= 0.3 is 65.1 Å². The van der Waals surface area contributed by atoms with Crippen molar-refractivity contribution in [3.63, 3.8) is 0 Å². The quantitative estimate of drug-likeness (QED) is 0.505. The Bertz CT molecular complexity index is 377. The molecule has 0 unspecified atom stereocenters. The Hall–Kier alpha value is -0.0400. The molecule has 0 saturated carbocycles. The van der Waals surface area contributed by atoms with Crippen molar-refractivity contribution in [2.24, 2.45) is 0 Å². The summed E-state index contributed by atoms with van der Waals surface area (Å²) in [7, 11) is 0. The van der Waals surface area contributed by atoms with Crippen molar-refractivity contribution in [3.05, 3.63) is 29.3 Å². The van der Waals surface area contributed by atoms with E-state index in [1.807, 2.05) is 0 Å². The first kappa shape index (κ1) is 17.4. The minimum absolute atomic E-state index is 0. The summed E-state index contributed by atoms with van der Waals surface area (Å²) in [5, 5.41) is 29.8. The molecule has 0 aliphatic rings. The number of carboxylic acids is 2. The number of hydrogen-bond acceptors (Lipinski definition) is 4. The van der Waals surface area contributed by atoms with Crippen LogP contribution in [-0.4, -0.2) is 17.0 Å². The molecule has 5 nitrogen and oxygen atoms in total. The van der Waals surface area contributed by atoms with Gasteiger partial charge in [-0.05, 0) is 0 Å². The van der Waals surface area contributed by atoms with Crippen LogP contribution in [0.1, 0.15) is 20.7 Å². The molecular weight excluding hydrogens is 222 g/mol. The molecule has 0 atom stereocenters. The molecule has 0 bridgehead atoms. The van der Waals surface area contributed by atoms with Crippen LogP contribution < -0.4 is 69.3 Å². The largest absolute Gasteiger partial charge is 1.00 e. The fraction of sp³-hybridized carbons (Fsp3) is 0. The maximum Gasteiger partial charge on any atom is 1.00 e. The van der Waals surface area contributed by atoms with Crippen LogP contribution in [0.3, 0.4) is 0 Å². The van der Waals surface area contributed by atoms with E-state index in [0.29, 0.717) is 0 Å². The molecular formula is C8H4Na2O5. The second-order valence-corrected chi connectivity index (χ2v) is 2.27. The molecule has 1 N–H and O–H groups in total. The zero-order valence-electron chi connectivity index (χ0n) is 8.31. The smallest absolute Gasteiger partial charge is 0.872 e. The first-order valence-corrected chi connectivity index (χ1v) is 3.28. The minimum atomic E-state index is -1.67. The van der Waals surface area contributed by atoms with Crippen LogP contribution in [0.2, 0.25) is 0 Å². The van der Waals surface area contributed by atoms with E-state index in [2.05, 4.69) is 0 Å². The molecule has 1 aromatic rings. The van der Waals surface area contributed by atoms with E-state index in [0.717, 1.165) is 12.1 Å². The van der Waals surface area contributed by atoms with Gasteiger partial charge in [0.15, 0.2) is 0 Å². The van der Waals surface area contributed by atoms with Crippen LogP contribution in [-0.2, 0) is 0 Å². The summed E-state index contributed by atoms with van der Waals surface area (Å²) in [6, 6.07) is 3.16. The molecule has 0 radical (unpaired) electrons. The monoisotopic (exact) mass is 226 g/mol. The van der Waals surface area contributed by atoms with Gasteiger partial charge in [-0.15, -0.1) is 0 Å². The second-order valence-electron chi connectivity index (χ2n) is 2.27. The SMILES string of the molecule is O=C([O-])c1cccc([O-])c1C(=O)O.[Na+].[Na+]. The third-order valence-corrected chi connectivity index (χ3v) is 1.46. The number of benzene rings is 1. The summed E-state index contributed by atoms with van der Waals surface area (Å²) in [6.45, 7) is 0. The van der Waals surface area contributed by atoms with Gasteiger partial charge in [0.05, 0.1) is 11.5 Å². The van der Waals surface area contributed by atoms with E-state index in [4.69, 9.17) is 5.11 Å². The molecule has 0 aliphatic heterocycles. The first-order valence-electron chi connectivity index (χ1n) is 3.28. The third-order valence-electron chi connectivity index (χ3n) is 1.46. The fourth-order valence-corrected chi connectivity index (χ4v) is 0.922. The normalized spacial score (nSPS) is 8.27. The molecule has 0 heterocycles. The molecule has 1 rings (SSSR count). The molecule has 1 aromatic carbocycles. The third kappa shape index (κ3) is 4.14. The molecule has 7 heteroatoms. The fourth-order valence-electron chi connectivity index (χ4n) is 0.922. The van der Waals surface area contributed by atoms with Gasteiger partial charge in [-0.2, -0.15) is 0 Å². The van der Waals surface area contributed by atoms with E-state index in [1.54, 1.807) is 0 Å². The summed E-state index contributed by atoms with van der Waals surface area (Å²) in [6.07, 6.45) is 0. The van der Waals surface area contributed by atoms with Gasteiger partial charge in [-0.3, -0.25) is 0 Å². The van der Waals surface area contributed by atoms with Gasteiger partial charge in [-0.25, -0.2) is 4.79 Å². The van der Waals surface area contributed by atoms with E-state index in [9.17, 15) is 19.8 Å². The average molecular weight is 226 g/mol. The van der Waals surface area contributed by atoms with Crippen LogP contribution in [0.25, 0.3) is 0 Å². The average Bonchev–Trinajstić information content (AvgIpc) is 2.02. The molecule has 0 amide bonds. The zero-order valence-corrected chi connectivity index (χ0v) is 12.3. The van der Waals surface area contributed by atoms with Crippen molar-refractivity contribution in [2.75, 3.05) is 0 Å². The number of aromatic carboxylic acids is 2. The molecule has 15 heavy (non-hydrogen) atoms. The second kappa shape index (κ2) is 7.27. The van der Waals surface area contributed by atoms with Crippen molar-refractivity contribution in [1.29, 1.82) is 0 Å². The number of carbonyl (C=O) groups is 2. The number of hydrogen-bond donors (Lipinski definition) is 1. The Balaban J connectivity index is 0. The zero-order chi connectivity index (χ0) is 10.0. The minimum Gasteiger partial charge on any atom is -0.872 e. The van der Waals surface area contributed by atoms with Gasteiger partial charge in [0.1, 0.15) is 0 Å². The molecule has 0 saturated heterocycles. The summed E-state index contributed by atoms with van der Waals surface area (Å²) in [5.41, 5.74) is -1.36. The Labute approximate surface area is 130 Å². The summed E-state index contributed by atoms with van der Waals surface area (Å²) < 4.78 is 0. The van der Waals surface area contributed by atoms with Crippen LogP contribution >= 0.6 is 0 Å². The van der Waals surface area contributed by atoms with Gasteiger partial charge in [0.2, 0.25) is 0 Å². The van der Waals surface area contributed by atoms with Crippen molar-refractivity contribution < 1.29 is 84.0 Å². The molecule has 0 aromatic heterocycles. The standard InChI is InChI=1S/C8H6O5.2Na/c9-5-3-1-2-4(7(10)11)6(5)8(12)13;;/h1-3,9H,(H,10,11)(H,12,13);;/q;2*+1/p-2. The molecule has 0 spiro atoms. The van der Waals surface area contributed by atoms with Crippen molar-refractivity contribution >= 4 is 11.9 Å². The van der Waals surface area contributed by atoms with Crippen LogP contribution in [0.4, 0.5) is 0 Å². The summed E-state index contributed by atoms with van der Waals surface area (Å²) >= 11 is 0. The van der Waals surface area contributed by atoms with E-state index in [-0.39, 0.29) is 59.1 Å². The molecule has 0 aliphatic carbocycles. The van der Waals surface area contributed by atoms with Crippen molar-refractivity contribution in [1.82, 2.24) is 0 Å². The predicted molar refractivity (Wildman–Crippen MR) is 37.2 cm³/mol. The van der Waals surface area contributed by atoms with E-state index in [1.165, 1.54) is 6.07 Å². The van der Waals surface area contributed by atoms with Crippen LogP contribution in [0.15, 0.2) is 18.2 Å². The Kier molecular flexibility index (Phi) is 8.41. The van der Waals surface area contributed by atoms with Gasteiger partial charge in [-0.1, -0.05) is 23.9 Å². The van der Waals surface area contributed by atoms with Gasteiger partial charge < -0.3 is 20.1 Å². The topological polar surface area (TPSA) is 100 Å². The van der Waals surface area contributed by atoms with Crippen molar-refractivity contribution in [3.8, 4) is 5.75 Å². The van der Waals surface area contributed by atoms with Crippen LogP contribution in [0.5, 0.6) is 5.75 Å².